The molecule has 0 aliphatic carbocycles. The zero-order valence-corrected chi connectivity index (χ0v) is 11.3. The van der Waals surface area contributed by atoms with Crippen LogP contribution in [0.5, 0.6) is 0 Å². The van der Waals surface area contributed by atoms with Crippen molar-refractivity contribution in [2.75, 3.05) is 0 Å². The molecule has 0 radical (unpaired) electrons. The van der Waals surface area contributed by atoms with Crippen LogP contribution in [0.25, 0.3) is 43.5 Å². The maximum atomic E-state index is 6.01. The molecule has 0 atom stereocenters. The number of hydrogen-bond acceptors (Lipinski definition) is 1. The van der Waals surface area contributed by atoms with E-state index >= 15 is 0 Å². The third kappa shape index (κ3) is 1.46. The summed E-state index contributed by atoms with van der Waals surface area (Å²) in [5.74, 6) is 0. The second-order valence-electron chi connectivity index (χ2n) is 5.45. The van der Waals surface area contributed by atoms with Gasteiger partial charge in [-0.15, -0.1) is 0 Å². The van der Waals surface area contributed by atoms with Gasteiger partial charge in [0.2, 0.25) is 0 Å². The lowest BCUT2D eigenvalue weighted by atomic mass is 10.00. The lowest BCUT2D eigenvalue weighted by Crippen LogP contribution is -1.77. The van der Waals surface area contributed by atoms with Crippen molar-refractivity contribution in [1.82, 2.24) is 0 Å². The Kier molecular flexibility index (Phi) is 2.01. The van der Waals surface area contributed by atoms with Crippen molar-refractivity contribution >= 4 is 43.5 Å². The number of para-hydroxylation sites is 1. The molecule has 1 heterocycles. The van der Waals surface area contributed by atoms with E-state index in [1.807, 2.05) is 12.1 Å². The molecule has 1 aromatic heterocycles. The summed E-state index contributed by atoms with van der Waals surface area (Å²) in [5.41, 5.74) is 1.91. The number of benzene rings is 4. The number of fused-ring (bicyclic) bond motifs is 6. The monoisotopic (exact) mass is 268 g/mol. The smallest absolute Gasteiger partial charge is 0.136 e. The number of hydrogen-bond donors (Lipinski definition) is 0. The van der Waals surface area contributed by atoms with Crippen LogP contribution in [0.1, 0.15) is 0 Å². The summed E-state index contributed by atoms with van der Waals surface area (Å²) in [6, 6.07) is 25.5. The second kappa shape index (κ2) is 3.86. The van der Waals surface area contributed by atoms with Crippen LogP contribution in [0.2, 0.25) is 0 Å². The van der Waals surface area contributed by atoms with Crippen LogP contribution < -0.4 is 0 Å². The van der Waals surface area contributed by atoms with E-state index in [0.29, 0.717) is 0 Å². The SMILES string of the molecule is c1ccc2c(c1)ccc1cc3c(cc12)oc1ccccc13. The van der Waals surface area contributed by atoms with Crippen molar-refractivity contribution in [2.24, 2.45) is 0 Å². The topological polar surface area (TPSA) is 13.1 Å². The van der Waals surface area contributed by atoms with Crippen molar-refractivity contribution < 1.29 is 4.42 Å². The van der Waals surface area contributed by atoms with Gasteiger partial charge in [0.05, 0.1) is 0 Å². The molecule has 0 N–H and O–H groups in total. The van der Waals surface area contributed by atoms with Crippen molar-refractivity contribution in [3.05, 3.63) is 72.8 Å². The lowest BCUT2D eigenvalue weighted by molar-refractivity contribution is 0.669. The van der Waals surface area contributed by atoms with Crippen LogP contribution in [0, 0.1) is 0 Å². The van der Waals surface area contributed by atoms with E-state index < -0.39 is 0 Å². The van der Waals surface area contributed by atoms with Gasteiger partial charge in [-0.1, -0.05) is 54.6 Å². The standard InChI is InChI=1S/C20H12O/c1-2-6-15-13(5-1)9-10-14-11-18-16-7-3-4-8-19(16)21-20(18)12-17(14)15/h1-12H. The first kappa shape index (κ1) is 10.9. The fourth-order valence-electron chi connectivity index (χ4n) is 3.23. The molecule has 21 heavy (non-hydrogen) atoms. The van der Waals surface area contributed by atoms with Gasteiger partial charge in [-0.05, 0) is 39.7 Å². The highest BCUT2D eigenvalue weighted by molar-refractivity contribution is 6.15. The zero-order valence-electron chi connectivity index (χ0n) is 11.3. The van der Waals surface area contributed by atoms with Crippen LogP contribution in [-0.4, -0.2) is 0 Å². The molecule has 5 aromatic rings. The molecule has 1 nitrogen and oxygen atoms in total. The Bertz CT molecular complexity index is 1130. The fraction of sp³-hybridized carbons (Fsp3) is 0. The summed E-state index contributed by atoms with van der Waals surface area (Å²) >= 11 is 0. The van der Waals surface area contributed by atoms with Gasteiger partial charge >= 0.3 is 0 Å². The molecule has 0 saturated heterocycles. The number of rotatable bonds is 0. The Hall–Kier alpha value is -2.80. The maximum absolute atomic E-state index is 6.01. The van der Waals surface area contributed by atoms with Crippen LogP contribution in [0.15, 0.2) is 77.2 Å². The third-order valence-corrected chi connectivity index (χ3v) is 4.24. The average Bonchev–Trinajstić information content (AvgIpc) is 2.90. The molecule has 5 rings (SSSR count). The minimum atomic E-state index is 0.951. The first-order valence-electron chi connectivity index (χ1n) is 7.13. The minimum Gasteiger partial charge on any atom is -0.456 e. The highest BCUT2D eigenvalue weighted by Crippen LogP contribution is 2.34. The highest BCUT2D eigenvalue weighted by atomic mass is 16.3. The van der Waals surface area contributed by atoms with Gasteiger partial charge in [0, 0.05) is 10.8 Å². The normalized spacial score (nSPS) is 11.8. The van der Waals surface area contributed by atoms with Crippen molar-refractivity contribution in [2.45, 2.75) is 0 Å². The largest absolute Gasteiger partial charge is 0.456 e. The Labute approximate surface area is 121 Å². The van der Waals surface area contributed by atoms with E-state index in [2.05, 4.69) is 60.7 Å². The van der Waals surface area contributed by atoms with Gasteiger partial charge in [-0.25, -0.2) is 0 Å². The van der Waals surface area contributed by atoms with E-state index in [1.165, 1.54) is 32.3 Å². The van der Waals surface area contributed by atoms with E-state index in [-0.39, 0.29) is 0 Å². The molecule has 4 aromatic carbocycles. The van der Waals surface area contributed by atoms with Gasteiger partial charge < -0.3 is 4.42 Å². The van der Waals surface area contributed by atoms with E-state index in [0.717, 1.165) is 11.2 Å². The van der Waals surface area contributed by atoms with E-state index in [9.17, 15) is 0 Å². The highest BCUT2D eigenvalue weighted by Gasteiger charge is 2.09. The molecule has 0 amide bonds. The first-order chi connectivity index (χ1) is 10.4. The summed E-state index contributed by atoms with van der Waals surface area (Å²) in [4.78, 5) is 0. The first-order valence-corrected chi connectivity index (χ1v) is 7.13. The van der Waals surface area contributed by atoms with Crippen LogP contribution in [-0.2, 0) is 0 Å². The molecule has 0 aliphatic rings. The quantitative estimate of drug-likeness (QED) is 0.319. The van der Waals surface area contributed by atoms with Crippen LogP contribution in [0.3, 0.4) is 0 Å². The van der Waals surface area contributed by atoms with E-state index in [4.69, 9.17) is 4.42 Å². The molecule has 0 saturated carbocycles. The molecule has 0 bridgehead atoms. The van der Waals surface area contributed by atoms with Gasteiger partial charge in [-0.2, -0.15) is 0 Å². The molecular weight excluding hydrogens is 256 g/mol. The Morgan fingerprint density at radius 2 is 1.24 bits per heavy atom. The Balaban J connectivity index is 2.04. The molecule has 0 unspecified atom stereocenters. The van der Waals surface area contributed by atoms with E-state index in [1.54, 1.807) is 0 Å². The minimum absolute atomic E-state index is 0.951. The summed E-state index contributed by atoms with van der Waals surface area (Å²) < 4.78 is 6.01. The molecule has 0 spiro atoms. The molecular formula is C20H12O. The molecule has 0 aliphatic heterocycles. The predicted octanol–water partition coefficient (Wildman–Crippen LogP) is 5.89. The molecule has 1 heteroatoms. The van der Waals surface area contributed by atoms with Crippen molar-refractivity contribution in [3.8, 4) is 0 Å². The zero-order chi connectivity index (χ0) is 13.8. The lowest BCUT2D eigenvalue weighted by Gasteiger charge is -2.03. The van der Waals surface area contributed by atoms with Gasteiger partial charge in [0.15, 0.2) is 0 Å². The second-order valence-corrected chi connectivity index (χ2v) is 5.45. The van der Waals surface area contributed by atoms with Crippen LogP contribution in [0.4, 0.5) is 0 Å². The summed E-state index contributed by atoms with van der Waals surface area (Å²) in [5, 5.41) is 7.42. The molecule has 0 fully saturated rings. The van der Waals surface area contributed by atoms with Gasteiger partial charge in [0.1, 0.15) is 11.2 Å². The summed E-state index contributed by atoms with van der Waals surface area (Å²) in [6.45, 7) is 0. The fourth-order valence-corrected chi connectivity index (χ4v) is 3.23. The van der Waals surface area contributed by atoms with Gasteiger partial charge in [-0.3, -0.25) is 0 Å². The average molecular weight is 268 g/mol. The summed E-state index contributed by atoms with van der Waals surface area (Å²) in [7, 11) is 0. The third-order valence-electron chi connectivity index (χ3n) is 4.24. The van der Waals surface area contributed by atoms with Crippen molar-refractivity contribution in [1.29, 1.82) is 0 Å². The summed E-state index contributed by atoms with van der Waals surface area (Å²) in [6.07, 6.45) is 0. The number of furan rings is 1. The Morgan fingerprint density at radius 1 is 0.476 bits per heavy atom. The maximum Gasteiger partial charge on any atom is 0.136 e. The predicted molar refractivity (Wildman–Crippen MR) is 88.7 cm³/mol. The van der Waals surface area contributed by atoms with Crippen LogP contribution >= 0.6 is 0 Å². The van der Waals surface area contributed by atoms with Crippen molar-refractivity contribution in [3.63, 3.8) is 0 Å². The van der Waals surface area contributed by atoms with Gasteiger partial charge in [0.25, 0.3) is 0 Å². The molecule has 98 valence electrons. The Morgan fingerprint density at radius 3 is 2.19 bits per heavy atom.